The third kappa shape index (κ3) is 1.43. The molecule has 1 saturated carbocycles. The number of ether oxygens (including phenoxy) is 1. The zero-order valence-corrected chi connectivity index (χ0v) is 6.35. The second kappa shape index (κ2) is 1.96. The predicted molar refractivity (Wildman–Crippen MR) is 37.2 cm³/mol. The predicted octanol–water partition coefficient (Wildman–Crippen LogP) is 0.901. The average molecular weight is 129 g/mol. The summed E-state index contributed by atoms with van der Waals surface area (Å²) in [5.74, 6) is 0. The molecule has 1 aliphatic rings. The van der Waals surface area contributed by atoms with Gasteiger partial charge in [0.1, 0.15) is 0 Å². The van der Waals surface area contributed by atoms with E-state index < -0.39 is 0 Å². The molecular weight excluding hydrogens is 114 g/mol. The van der Waals surface area contributed by atoms with Crippen LogP contribution in [0.3, 0.4) is 0 Å². The van der Waals surface area contributed by atoms with E-state index in [4.69, 9.17) is 10.5 Å². The van der Waals surface area contributed by atoms with Gasteiger partial charge in [0.15, 0.2) is 0 Å². The van der Waals surface area contributed by atoms with Crippen LogP contribution >= 0.6 is 0 Å². The molecule has 0 aromatic carbocycles. The number of hydrogen-bond acceptors (Lipinski definition) is 2. The van der Waals surface area contributed by atoms with Crippen LogP contribution < -0.4 is 5.73 Å². The van der Waals surface area contributed by atoms with Crippen molar-refractivity contribution in [3.05, 3.63) is 0 Å². The Bertz CT molecular complexity index is 113. The van der Waals surface area contributed by atoms with Gasteiger partial charge in [0.25, 0.3) is 0 Å². The van der Waals surface area contributed by atoms with E-state index >= 15 is 0 Å². The van der Waals surface area contributed by atoms with Crippen molar-refractivity contribution in [1.29, 1.82) is 0 Å². The van der Waals surface area contributed by atoms with E-state index in [1.54, 1.807) is 0 Å². The molecule has 2 atom stereocenters. The van der Waals surface area contributed by atoms with Crippen LogP contribution in [0.2, 0.25) is 0 Å². The molecule has 1 aliphatic carbocycles. The molecule has 2 heteroatoms. The Labute approximate surface area is 56.4 Å². The minimum atomic E-state index is 0.00810. The van der Waals surface area contributed by atoms with E-state index in [-0.39, 0.29) is 11.6 Å². The van der Waals surface area contributed by atoms with E-state index in [2.05, 4.69) is 6.92 Å². The number of nitrogens with two attached hydrogens (primary N) is 1. The summed E-state index contributed by atoms with van der Waals surface area (Å²) in [5.41, 5.74) is 5.63. The van der Waals surface area contributed by atoms with Gasteiger partial charge in [-0.1, -0.05) is 0 Å². The van der Waals surface area contributed by atoms with E-state index in [9.17, 15) is 0 Å². The normalized spacial score (nSPS) is 41.7. The van der Waals surface area contributed by atoms with Gasteiger partial charge in [0.2, 0.25) is 0 Å². The Morgan fingerprint density at radius 3 is 2.22 bits per heavy atom. The van der Waals surface area contributed by atoms with Gasteiger partial charge in [-0.05, 0) is 27.2 Å². The topological polar surface area (TPSA) is 35.2 Å². The molecule has 1 fully saturated rings. The molecular formula is C7H15NO. The molecule has 1 rings (SSSR count). The molecule has 0 radical (unpaired) electrons. The summed E-state index contributed by atoms with van der Waals surface area (Å²) < 4.78 is 5.54. The smallest absolute Gasteiger partial charge is 0.0825 e. The second-order valence-corrected chi connectivity index (χ2v) is 3.29. The molecule has 2 unspecified atom stereocenters. The summed E-state index contributed by atoms with van der Waals surface area (Å²) in [6.45, 7) is 6.14. The first kappa shape index (κ1) is 7.03. The maximum absolute atomic E-state index is 5.62. The van der Waals surface area contributed by atoms with Gasteiger partial charge in [-0.3, -0.25) is 0 Å². The highest BCUT2D eigenvalue weighted by atomic mass is 16.5. The van der Waals surface area contributed by atoms with E-state index in [1.807, 2.05) is 13.8 Å². The van der Waals surface area contributed by atoms with Crippen molar-refractivity contribution < 1.29 is 4.74 Å². The van der Waals surface area contributed by atoms with Crippen LogP contribution in [-0.2, 0) is 4.74 Å². The fourth-order valence-corrected chi connectivity index (χ4v) is 1.05. The van der Waals surface area contributed by atoms with E-state index in [0.29, 0.717) is 6.10 Å². The van der Waals surface area contributed by atoms with E-state index in [1.165, 1.54) is 0 Å². The molecule has 0 amide bonds. The van der Waals surface area contributed by atoms with Gasteiger partial charge in [0, 0.05) is 6.04 Å². The van der Waals surface area contributed by atoms with Gasteiger partial charge in [-0.2, -0.15) is 0 Å². The minimum Gasteiger partial charge on any atom is -0.371 e. The first-order chi connectivity index (χ1) is 4.04. The van der Waals surface area contributed by atoms with Gasteiger partial charge in [-0.15, -0.1) is 0 Å². The van der Waals surface area contributed by atoms with Crippen molar-refractivity contribution in [2.24, 2.45) is 5.73 Å². The summed E-state index contributed by atoms with van der Waals surface area (Å²) in [6.07, 6.45) is 1.33. The monoisotopic (exact) mass is 129 g/mol. The maximum Gasteiger partial charge on any atom is 0.0825 e. The summed E-state index contributed by atoms with van der Waals surface area (Å²) in [5, 5.41) is 0. The standard InChI is InChI=1S/C7H15NO/c1-5(2)9-7(3)4-6(7)8/h5-6H,4,8H2,1-3H3. The summed E-state index contributed by atoms with van der Waals surface area (Å²) in [4.78, 5) is 0. The zero-order valence-electron chi connectivity index (χ0n) is 6.35. The zero-order chi connectivity index (χ0) is 7.07. The van der Waals surface area contributed by atoms with Crippen LogP contribution in [0.15, 0.2) is 0 Å². The second-order valence-electron chi connectivity index (χ2n) is 3.29. The van der Waals surface area contributed by atoms with Crippen LogP contribution in [0.1, 0.15) is 27.2 Å². The van der Waals surface area contributed by atoms with Crippen LogP contribution in [0.4, 0.5) is 0 Å². The third-order valence-electron chi connectivity index (χ3n) is 1.75. The van der Waals surface area contributed by atoms with E-state index in [0.717, 1.165) is 6.42 Å². The van der Waals surface area contributed by atoms with Crippen molar-refractivity contribution in [3.63, 3.8) is 0 Å². The maximum atomic E-state index is 5.62. The molecule has 0 aromatic rings. The molecule has 0 spiro atoms. The van der Waals surface area contributed by atoms with Gasteiger partial charge in [0.05, 0.1) is 11.7 Å². The summed E-state index contributed by atoms with van der Waals surface area (Å²) >= 11 is 0. The highest BCUT2D eigenvalue weighted by molar-refractivity contribution is 5.05. The van der Waals surface area contributed by atoms with Gasteiger partial charge >= 0.3 is 0 Å². The highest BCUT2D eigenvalue weighted by Crippen LogP contribution is 2.38. The number of rotatable bonds is 2. The quantitative estimate of drug-likeness (QED) is 0.601. The minimum absolute atomic E-state index is 0.00810. The molecule has 0 aromatic heterocycles. The fourth-order valence-electron chi connectivity index (χ4n) is 1.05. The molecule has 0 heterocycles. The lowest BCUT2D eigenvalue weighted by Crippen LogP contribution is -2.23. The lowest BCUT2D eigenvalue weighted by molar-refractivity contribution is -0.00271. The molecule has 0 saturated heterocycles. The van der Waals surface area contributed by atoms with Gasteiger partial charge < -0.3 is 10.5 Å². The lowest BCUT2D eigenvalue weighted by atomic mass is 10.3. The Morgan fingerprint density at radius 2 is 2.11 bits per heavy atom. The average Bonchev–Trinajstić information content (AvgIpc) is 2.10. The fraction of sp³-hybridized carbons (Fsp3) is 1.00. The van der Waals surface area contributed by atoms with Crippen molar-refractivity contribution in [1.82, 2.24) is 0 Å². The first-order valence-corrected chi connectivity index (χ1v) is 3.48. The van der Waals surface area contributed by atoms with Gasteiger partial charge in [-0.25, -0.2) is 0 Å². The third-order valence-corrected chi connectivity index (χ3v) is 1.75. The van der Waals surface area contributed by atoms with Crippen molar-refractivity contribution in [2.45, 2.75) is 44.9 Å². The molecule has 9 heavy (non-hydrogen) atoms. The molecule has 54 valence electrons. The Hall–Kier alpha value is -0.0800. The Balaban J connectivity index is 2.29. The van der Waals surface area contributed by atoms with Crippen LogP contribution in [0.25, 0.3) is 0 Å². The van der Waals surface area contributed by atoms with Crippen LogP contribution in [0.5, 0.6) is 0 Å². The highest BCUT2D eigenvalue weighted by Gasteiger charge is 2.49. The Morgan fingerprint density at radius 1 is 1.67 bits per heavy atom. The molecule has 0 bridgehead atoms. The summed E-state index contributed by atoms with van der Waals surface area (Å²) in [6, 6.07) is 0.278. The number of hydrogen-bond donors (Lipinski definition) is 1. The molecule has 2 nitrogen and oxygen atoms in total. The SMILES string of the molecule is CC(C)OC1(C)CC1N. The van der Waals surface area contributed by atoms with Crippen molar-refractivity contribution >= 4 is 0 Å². The Kier molecular flexibility index (Phi) is 1.53. The first-order valence-electron chi connectivity index (χ1n) is 3.48. The van der Waals surface area contributed by atoms with Crippen LogP contribution in [-0.4, -0.2) is 17.7 Å². The lowest BCUT2D eigenvalue weighted by Gasteiger charge is -2.14. The van der Waals surface area contributed by atoms with Crippen molar-refractivity contribution in [3.8, 4) is 0 Å². The molecule has 0 aliphatic heterocycles. The van der Waals surface area contributed by atoms with Crippen LogP contribution in [0, 0.1) is 0 Å². The largest absolute Gasteiger partial charge is 0.371 e. The van der Waals surface area contributed by atoms with Crippen molar-refractivity contribution in [2.75, 3.05) is 0 Å². The molecule has 2 N–H and O–H groups in total. The summed E-state index contributed by atoms with van der Waals surface area (Å²) in [7, 11) is 0.